The molecule has 0 saturated carbocycles. The minimum absolute atomic E-state index is 0.0819. The van der Waals surface area contributed by atoms with Crippen molar-refractivity contribution in [1.82, 2.24) is 0 Å². The average molecular weight is 469 g/mol. The van der Waals surface area contributed by atoms with Gasteiger partial charge in [-0.2, -0.15) is 0 Å². The molecule has 0 spiro atoms. The predicted molar refractivity (Wildman–Crippen MR) is 130 cm³/mol. The molecule has 0 bridgehead atoms. The molecule has 0 atom stereocenters. The zero-order valence-electron chi connectivity index (χ0n) is 18.9. The van der Waals surface area contributed by atoms with Crippen LogP contribution in [-0.2, 0) is 14.8 Å². The van der Waals surface area contributed by atoms with Crippen LogP contribution in [0.2, 0.25) is 0 Å². The van der Waals surface area contributed by atoms with Gasteiger partial charge in [-0.15, -0.1) is 0 Å². The SMILES string of the molecule is CCOc1ccc(NS(=O)(=O)c2ccc(OCC(=O)Nc3ccc(C(C)C)cc3)cc2)cc1. The van der Waals surface area contributed by atoms with Gasteiger partial charge in [-0.1, -0.05) is 26.0 Å². The molecule has 0 aliphatic rings. The van der Waals surface area contributed by atoms with E-state index < -0.39 is 10.0 Å². The first-order valence-corrected chi connectivity index (χ1v) is 12.1. The molecule has 33 heavy (non-hydrogen) atoms. The summed E-state index contributed by atoms with van der Waals surface area (Å²) in [6.45, 7) is 6.43. The van der Waals surface area contributed by atoms with Crippen LogP contribution in [-0.4, -0.2) is 27.5 Å². The first-order chi connectivity index (χ1) is 15.8. The average Bonchev–Trinajstić information content (AvgIpc) is 2.80. The van der Waals surface area contributed by atoms with Gasteiger partial charge < -0.3 is 14.8 Å². The van der Waals surface area contributed by atoms with Crippen molar-refractivity contribution in [3.8, 4) is 11.5 Å². The van der Waals surface area contributed by atoms with E-state index in [2.05, 4.69) is 23.9 Å². The molecule has 3 aromatic rings. The number of benzene rings is 3. The fraction of sp³-hybridized carbons (Fsp3) is 0.240. The lowest BCUT2D eigenvalue weighted by Crippen LogP contribution is -2.20. The summed E-state index contributed by atoms with van der Waals surface area (Å²) >= 11 is 0. The number of anilines is 2. The summed E-state index contributed by atoms with van der Waals surface area (Å²) in [5.41, 5.74) is 2.31. The molecule has 0 aromatic heterocycles. The number of sulfonamides is 1. The third-order valence-electron chi connectivity index (χ3n) is 4.78. The van der Waals surface area contributed by atoms with E-state index >= 15 is 0 Å². The molecule has 1 amide bonds. The van der Waals surface area contributed by atoms with Gasteiger partial charge in [0.15, 0.2) is 6.61 Å². The Bertz CT molecular complexity index is 1160. The van der Waals surface area contributed by atoms with Crippen LogP contribution in [0.1, 0.15) is 32.3 Å². The lowest BCUT2D eigenvalue weighted by atomic mass is 10.0. The Morgan fingerprint density at radius 1 is 0.818 bits per heavy atom. The number of nitrogens with one attached hydrogen (secondary N) is 2. The molecule has 0 aliphatic carbocycles. The highest BCUT2D eigenvalue weighted by molar-refractivity contribution is 7.92. The highest BCUT2D eigenvalue weighted by atomic mass is 32.2. The molecule has 0 unspecified atom stereocenters. The second-order valence-electron chi connectivity index (χ2n) is 7.65. The normalized spacial score (nSPS) is 11.2. The van der Waals surface area contributed by atoms with Crippen LogP contribution in [0.4, 0.5) is 11.4 Å². The van der Waals surface area contributed by atoms with E-state index in [1.54, 1.807) is 24.3 Å². The quantitative estimate of drug-likeness (QED) is 0.435. The van der Waals surface area contributed by atoms with Gasteiger partial charge in [0, 0.05) is 11.4 Å². The Kier molecular flexibility index (Phi) is 7.95. The number of ether oxygens (including phenoxy) is 2. The van der Waals surface area contributed by atoms with E-state index in [1.807, 2.05) is 31.2 Å². The summed E-state index contributed by atoms with van der Waals surface area (Å²) in [5.74, 6) is 1.17. The van der Waals surface area contributed by atoms with Crippen LogP contribution < -0.4 is 19.5 Å². The van der Waals surface area contributed by atoms with E-state index in [4.69, 9.17) is 9.47 Å². The summed E-state index contributed by atoms with van der Waals surface area (Å²) in [5, 5.41) is 2.77. The van der Waals surface area contributed by atoms with Crippen molar-refractivity contribution in [1.29, 1.82) is 0 Å². The number of rotatable bonds is 10. The van der Waals surface area contributed by atoms with Crippen LogP contribution in [0.25, 0.3) is 0 Å². The minimum Gasteiger partial charge on any atom is -0.494 e. The fourth-order valence-corrected chi connectivity index (χ4v) is 4.07. The monoisotopic (exact) mass is 468 g/mol. The smallest absolute Gasteiger partial charge is 0.262 e. The van der Waals surface area contributed by atoms with E-state index in [1.165, 1.54) is 29.8 Å². The molecule has 0 aliphatic heterocycles. The number of carbonyl (C=O) groups is 1. The number of amides is 1. The minimum atomic E-state index is -3.76. The van der Waals surface area contributed by atoms with Gasteiger partial charge in [-0.3, -0.25) is 9.52 Å². The number of hydrogen-bond donors (Lipinski definition) is 2. The van der Waals surface area contributed by atoms with Gasteiger partial charge in [0.05, 0.1) is 11.5 Å². The molecular formula is C25H28N2O5S. The Hall–Kier alpha value is -3.52. The topological polar surface area (TPSA) is 93.7 Å². The van der Waals surface area contributed by atoms with E-state index in [0.717, 1.165) is 0 Å². The molecule has 0 saturated heterocycles. The van der Waals surface area contributed by atoms with Crippen molar-refractivity contribution in [2.24, 2.45) is 0 Å². The van der Waals surface area contributed by atoms with Gasteiger partial charge in [0.2, 0.25) is 0 Å². The second kappa shape index (κ2) is 10.9. The van der Waals surface area contributed by atoms with E-state index in [9.17, 15) is 13.2 Å². The maximum Gasteiger partial charge on any atom is 0.262 e. The van der Waals surface area contributed by atoms with Gasteiger partial charge >= 0.3 is 0 Å². The molecule has 8 heteroatoms. The van der Waals surface area contributed by atoms with E-state index in [-0.39, 0.29) is 17.4 Å². The molecule has 174 valence electrons. The van der Waals surface area contributed by atoms with Crippen molar-refractivity contribution in [2.75, 3.05) is 23.3 Å². The fourth-order valence-electron chi connectivity index (χ4n) is 3.01. The van der Waals surface area contributed by atoms with Crippen molar-refractivity contribution in [3.05, 3.63) is 78.4 Å². The molecule has 3 rings (SSSR count). The first-order valence-electron chi connectivity index (χ1n) is 10.6. The lowest BCUT2D eigenvalue weighted by molar-refractivity contribution is -0.118. The van der Waals surface area contributed by atoms with Crippen molar-refractivity contribution in [3.63, 3.8) is 0 Å². The standard InChI is InChI=1S/C25H28N2O5S/c1-4-31-22-11-9-21(10-12-22)27-33(29,30)24-15-13-23(14-16-24)32-17-25(28)26-20-7-5-19(6-8-20)18(2)3/h5-16,18,27H,4,17H2,1-3H3,(H,26,28). The van der Waals surface area contributed by atoms with Crippen molar-refractivity contribution < 1.29 is 22.7 Å². The van der Waals surface area contributed by atoms with Gasteiger partial charge in [-0.05, 0) is 79.1 Å². The summed E-state index contributed by atoms with van der Waals surface area (Å²) in [6.07, 6.45) is 0. The predicted octanol–water partition coefficient (Wildman–Crippen LogP) is 5.03. The molecular weight excluding hydrogens is 440 g/mol. The highest BCUT2D eigenvalue weighted by Gasteiger charge is 2.14. The highest BCUT2D eigenvalue weighted by Crippen LogP contribution is 2.22. The number of hydrogen-bond acceptors (Lipinski definition) is 5. The zero-order valence-corrected chi connectivity index (χ0v) is 19.7. The maximum absolute atomic E-state index is 12.6. The Morgan fingerprint density at radius 3 is 1.94 bits per heavy atom. The Morgan fingerprint density at radius 2 is 1.36 bits per heavy atom. The first kappa shape index (κ1) is 24.1. The van der Waals surface area contributed by atoms with Crippen LogP contribution in [0, 0.1) is 0 Å². The van der Waals surface area contributed by atoms with Gasteiger partial charge in [0.1, 0.15) is 11.5 Å². The lowest BCUT2D eigenvalue weighted by Gasteiger charge is -2.11. The molecule has 2 N–H and O–H groups in total. The zero-order chi connectivity index (χ0) is 23.8. The third kappa shape index (κ3) is 6.98. The molecule has 0 fully saturated rings. The van der Waals surface area contributed by atoms with Crippen LogP contribution >= 0.6 is 0 Å². The summed E-state index contributed by atoms with van der Waals surface area (Å²) in [6, 6.07) is 20.2. The maximum atomic E-state index is 12.6. The van der Waals surface area contributed by atoms with Crippen LogP contribution in [0.5, 0.6) is 11.5 Å². The summed E-state index contributed by atoms with van der Waals surface area (Å²) in [4.78, 5) is 12.2. The molecule has 7 nitrogen and oxygen atoms in total. The van der Waals surface area contributed by atoms with Gasteiger partial charge in [0.25, 0.3) is 15.9 Å². The third-order valence-corrected chi connectivity index (χ3v) is 6.18. The van der Waals surface area contributed by atoms with Crippen LogP contribution in [0.3, 0.4) is 0 Å². The Labute approximate surface area is 194 Å². The Balaban J connectivity index is 1.54. The molecule has 0 radical (unpaired) electrons. The van der Waals surface area contributed by atoms with Crippen molar-refractivity contribution in [2.45, 2.75) is 31.6 Å². The molecule has 3 aromatic carbocycles. The molecule has 0 heterocycles. The summed E-state index contributed by atoms with van der Waals surface area (Å²) < 4.78 is 38.6. The second-order valence-corrected chi connectivity index (χ2v) is 9.33. The van der Waals surface area contributed by atoms with Gasteiger partial charge in [-0.25, -0.2) is 8.42 Å². The largest absolute Gasteiger partial charge is 0.494 e. The van der Waals surface area contributed by atoms with Crippen molar-refractivity contribution >= 4 is 27.3 Å². The van der Waals surface area contributed by atoms with E-state index in [0.29, 0.717) is 35.4 Å². The summed E-state index contributed by atoms with van der Waals surface area (Å²) in [7, 11) is -3.76. The van der Waals surface area contributed by atoms with Crippen LogP contribution in [0.15, 0.2) is 77.7 Å². The number of carbonyl (C=O) groups excluding carboxylic acids is 1.